The summed E-state index contributed by atoms with van der Waals surface area (Å²) in [6.07, 6.45) is 3.33. The van der Waals surface area contributed by atoms with Gasteiger partial charge in [0, 0.05) is 30.6 Å². The third kappa shape index (κ3) is 3.98. The molecule has 1 N–H and O–H groups in total. The van der Waals surface area contributed by atoms with Crippen molar-refractivity contribution in [1.29, 1.82) is 0 Å². The van der Waals surface area contributed by atoms with Gasteiger partial charge in [0.1, 0.15) is 6.04 Å². The first-order valence-corrected chi connectivity index (χ1v) is 7.97. The SMILES string of the molecule is C[C@H](C(=O)NCc1ccncc1)n1nc(-c2ccccc2)ccc1=O. The second-order valence-electron chi connectivity index (χ2n) is 5.62. The molecule has 1 amide bonds. The molecule has 6 heteroatoms. The van der Waals surface area contributed by atoms with Crippen molar-refractivity contribution >= 4 is 5.91 Å². The van der Waals surface area contributed by atoms with E-state index in [4.69, 9.17) is 0 Å². The molecule has 6 nitrogen and oxygen atoms in total. The molecule has 1 aromatic carbocycles. The Morgan fingerprint density at radius 3 is 2.52 bits per heavy atom. The lowest BCUT2D eigenvalue weighted by Gasteiger charge is -2.15. The van der Waals surface area contributed by atoms with E-state index in [0.29, 0.717) is 12.2 Å². The van der Waals surface area contributed by atoms with Crippen LogP contribution in [0.4, 0.5) is 0 Å². The third-order valence-corrected chi connectivity index (χ3v) is 3.86. The normalized spacial score (nSPS) is 11.7. The number of benzene rings is 1. The fourth-order valence-electron chi connectivity index (χ4n) is 2.41. The number of hydrogen-bond donors (Lipinski definition) is 1. The first-order valence-electron chi connectivity index (χ1n) is 7.97. The van der Waals surface area contributed by atoms with Crippen LogP contribution < -0.4 is 10.9 Å². The molecular formula is C19H18N4O2. The van der Waals surface area contributed by atoms with Crippen LogP contribution in [-0.4, -0.2) is 20.7 Å². The van der Waals surface area contributed by atoms with E-state index in [1.807, 2.05) is 42.5 Å². The zero-order valence-electron chi connectivity index (χ0n) is 13.8. The van der Waals surface area contributed by atoms with Crippen LogP contribution in [0, 0.1) is 0 Å². The van der Waals surface area contributed by atoms with Crippen LogP contribution in [0.15, 0.2) is 71.8 Å². The molecule has 0 fully saturated rings. The number of pyridine rings is 1. The van der Waals surface area contributed by atoms with E-state index in [0.717, 1.165) is 11.1 Å². The minimum absolute atomic E-state index is 0.267. The predicted octanol–water partition coefficient (Wildman–Crippen LogP) is 2.18. The second kappa shape index (κ2) is 7.53. The van der Waals surface area contributed by atoms with Crippen molar-refractivity contribution in [1.82, 2.24) is 20.1 Å². The molecule has 25 heavy (non-hydrogen) atoms. The van der Waals surface area contributed by atoms with Crippen LogP contribution in [0.1, 0.15) is 18.5 Å². The average molecular weight is 334 g/mol. The molecule has 3 rings (SSSR count). The predicted molar refractivity (Wildman–Crippen MR) is 94.7 cm³/mol. The molecular weight excluding hydrogens is 316 g/mol. The summed E-state index contributed by atoms with van der Waals surface area (Å²) in [6.45, 7) is 2.03. The summed E-state index contributed by atoms with van der Waals surface area (Å²) >= 11 is 0. The summed E-state index contributed by atoms with van der Waals surface area (Å²) in [4.78, 5) is 28.5. The summed E-state index contributed by atoms with van der Waals surface area (Å²) in [5.41, 5.74) is 2.16. The fraction of sp³-hybridized carbons (Fsp3) is 0.158. The van der Waals surface area contributed by atoms with Gasteiger partial charge in [-0.3, -0.25) is 14.6 Å². The van der Waals surface area contributed by atoms with E-state index in [1.165, 1.54) is 10.7 Å². The van der Waals surface area contributed by atoms with E-state index in [-0.39, 0.29) is 11.5 Å². The van der Waals surface area contributed by atoms with Gasteiger partial charge in [0.05, 0.1) is 5.69 Å². The molecule has 0 unspecified atom stereocenters. The Labute approximate surface area is 145 Å². The maximum Gasteiger partial charge on any atom is 0.267 e. The molecule has 0 aliphatic rings. The van der Waals surface area contributed by atoms with Gasteiger partial charge >= 0.3 is 0 Å². The molecule has 0 saturated carbocycles. The van der Waals surface area contributed by atoms with Crippen molar-refractivity contribution in [2.45, 2.75) is 19.5 Å². The van der Waals surface area contributed by atoms with Gasteiger partial charge in [-0.25, -0.2) is 4.68 Å². The largest absolute Gasteiger partial charge is 0.350 e. The highest BCUT2D eigenvalue weighted by atomic mass is 16.2. The van der Waals surface area contributed by atoms with Crippen LogP contribution in [0.25, 0.3) is 11.3 Å². The number of aromatic nitrogens is 3. The summed E-state index contributed by atoms with van der Waals surface area (Å²) < 4.78 is 1.21. The highest BCUT2D eigenvalue weighted by Gasteiger charge is 2.17. The van der Waals surface area contributed by atoms with E-state index in [1.54, 1.807) is 25.4 Å². The first-order chi connectivity index (χ1) is 12.1. The molecule has 2 heterocycles. The van der Waals surface area contributed by atoms with Gasteiger partial charge < -0.3 is 5.32 Å². The Kier molecular flexibility index (Phi) is 4.99. The minimum atomic E-state index is -0.710. The molecule has 2 aromatic heterocycles. The number of nitrogens with zero attached hydrogens (tertiary/aromatic N) is 3. The number of hydrogen-bond acceptors (Lipinski definition) is 4. The van der Waals surface area contributed by atoms with Gasteiger partial charge in [-0.1, -0.05) is 30.3 Å². The van der Waals surface area contributed by atoms with Crippen molar-refractivity contribution in [3.05, 3.63) is 82.9 Å². The molecule has 0 aliphatic carbocycles. The Balaban J connectivity index is 1.78. The van der Waals surface area contributed by atoms with E-state index >= 15 is 0 Å². The topological polar surface area (TPSA) is 76.9 Å². The smallest absolute Gasteiger partial charge is 0.267 e. The molecule has 0 aliphatic heterocycles. The summed E-state index contributed by atoms with van der Waals surface area (Å²) in [6, 6.07) is 15.6. The monoisotopic (exact) mass is 334 g/mol. The molecule has 1 atom stereocenters. The zero-order valence-corrected chi connectivity index (χ0v) is 13.8. The lowest BCUT2D eigenvalue weighted by atomic mass is 10.1. The maximum atomic E-state index is 12.4. The van der Waals surface area contributed by atoms with Crippen LogP contribution in [0.2, 0.25) is 0 Å². The summed E-state index contributed by atoms with van der Waals surface area (Å²) in [5, 5.41) is 7.17. The van der Waals surface area contributed by atoms with Gasteiger partial charge in [0.25, 0.3) is 5.56 Å². The van der Waals surface area contributed by atoms with Crippen LogP contribution >= 0.6 is 0 Å². The summed E-state index contributed by atoms with van der Waals surface area (Å²) in [5.74, 6) is -0.267. The van der Waals surface area contributed by atoms with Crippen LogP contribution in [0.5, 0.6) is 0 Å². The standard InChI is InChI=1S/C19H18N4O2/c1-14(19(25)21-13-15-9-11-20-12-10-15)23-18(24)8-7-17(22-23)16-5-3-2-4-6-16/h2-12,14H,13H2,1H3,(H,21,25)/t14-/m1/s1. The number of rotatable bonds is 5. The molecule has 0 spiro atoms. The van der Waals surface area contributed by atoms with E-state index < -0.39 is 6.04 Å². The number of carbonyl (C=O) groups is 1. The third-order valence-electron chi connectivity index (χ3n) is 3.86. The molecule has 0 radical (unpaired) electrons. The van der Waals surface area contributed by atoms with Crippen LogP contribution in [0.3, 0.4) is 0 Å². The Morgan fingerprint density at radius 2 is 1.80 bits per heavy atom. The highest BCUT2D eigenvalue weighted by Crippen LogP contribution is 2.15. The lowest BCUT2D eigenvalue weighted by molar-refractivity contribution is -0.124. The van der Waals surface area contributed by atoms with E-state index in [2.05, 4.69) is 15.4 Å². The summed E-state index contributed by atoms with van der Waals surface area (Å²) in [7, 11) is 0. The first kappa shape index (κ1) is 16.6. The van der Waals surface area contributed by atoms with Crippen molar-refractivity contribution < 1.29 is 4.79 Å². The molecule has 3 aromatic rings. The maximum absolute atomic E-state index is 12.4. The Morgan fingerprint density at radius 1 is 1.08 bits per heavy atom. The van der Waals surface area contributed by atoms with Gasteiger partial charge in [0.15, 0.2) is 0 Å². The van der Waals surface area contributed by atoms with Crippen molar-refractivity contribution in [3.8, 4) is 11.3 Å². The van der Waals surface area contributed by atoms with Gasteiger partial charge in [-0.15, -0.1) is 0 Å². The Hall–Kier alpha value is -3.28. The van der Waals surface area contributed by atoms with Crippen molar-refractivity contribution in [2.24, 2.45) is 0 Å². The second-order valence-corrected chi connectivity index (χ2v) is 5.62. The highest BCUT2D eigenvalue weighted by molar-refractivity contribution is 5.79. The zero-order chi connectivity index (χ0) is 17.6. The number of nitrogens with one attached hydrogen (secondary N) is 1. The van der Waals surface area contributed by atoms with E-state index in [9.17, 15) is 9.59 Å². The van der Waals surface area contributed by atoms with Gasteiger partial charge in [-0.05, 0) is 30.7 Å². The average Bonchev–Trinajstić information content (AvgIpc) is 2.67. The Bertz CT molecular complexity index is 907. The van der Waals surface area contributed by atoms with Crippen LogP contribution in [-0.2, 0) is 11.3 Å². The molecule has 126 valence electrons. The number of amides is 1. The minimum Gasteiger partial charge on any atom is -0.350 e. The van der Waals surface area contributed by atoms with Crippen molar-refractivity contribution in [3.63, 3.8) is 0 Å². The lowest BCUT2D eigenvalue weighted by Crippen LogP contribution is -2.36. The van der Waals surface area contributed by atoms with Crippen molar-refractivity contribution in [2.75, 3.05) is 0 Å². The molecule has 0 bridgehead atoms. The van der Waals surface area contributed by atoms with Gasteiger partial charge in [-0.2, -0.15) is 5.10 Å². The fourth-order valence-corrected chi connectivity index (χ4v) is 2.41. The quantitative estimate of drug-likeness (QED) is 0.776. The number of carbonyl (C=O) groups excluding carboxylic acids is 1. The molecule has 0 saturated heterocycles. The van der Waals surface area contributed by atoms with Gasteiger partial charge in [0.2, 0.25) is 5.91 Å².